The van der Waals surface area contributed by atoms with Crippen LogP contribution in [0.15, 0.2) is 18.2 Å². The summed E-state index contributed by atoms with van der Waals surface area (Å²) in [6.45, 7) is 11.8. The predicted molar refractivity (Wildman–Crippen MR) is 149 cm³/mol. The van der Waals surface area contributed by atoms with Crippen LogP contribution in [-0.4, -0.2) is 75.3 Å². The Bertz CT molecular complexity index is 1240. The molecule has 4 heterocycles. The lowest BCUT2D eigenvalue weighted by atomic mass is 9.84. The molecule has 0 radical (unpaired) electrons. The van der Waals surface area contributed by atoms with E-state index in [9.17, 15) is 14.4 Å². The minimum absolute atomic E-state index is 0.190. The summed E-state index contributed by atoms with van der Waals surface area (Å²) in [7, 11) is 1.93. The van der Waals surface area contributed by atoms with Gasteiger partial charge >= 0.3 is 6.09 Å². The van der Waals surface area contributed by atoms with E-state index in [-0.39, 0.29) is 23.8 Å². The van der Waals surface area contributed by atoms with E-state index in [0.717, 1.165) is 68.5 Å². The van der Waals surface area contributed by atoms with Gasteiger partial charge in [0.05, 0.1) is 17.1 Å². The van der Waals surface area contributed by atoms with Gasteiger partial charge in [-0.05, 0) is 89.8 Å². The number of hydrogen-bond acceptors (Lipinski definition) is 6. The van der Waals surface area contributed by atoms with Crippen LogP contribution >= 0.6 is 0 Å². The molecule has 3 atom stereocenters. The number of carbonyl (C=O) groups is 3. The van der Waals surface area contributed by atoms with E-state index in [1.54, 1.807) is 0 Å². The molecular weight excluding hydrogens is 494 g/mol. The second-order valence-electron chi connectivity index (χ2n) is 12.8. The van der Waals surface area contributed by atoms with Gasteiger partial charge < -0.3 is 14.5 Å². The first-order valence-corrected chi connectivity index (χ1v) is 14.5. The topological polar surface area (TPSA) is 96.8 Å². The minimum atomic E-state index is -0.454. The first kappa shape index (κ1) is 27.6. The smallest absolute Gasteiger partial charge is 0.410 e. The summed E-state index contributed by atoms with van der Waals surface area (Å²) in [6.07, 6.45) is 4.95. The van der Waals surface area contributed by atoms with Crippen molar-refractivity contribution in [2.45, 2.75) is 89.7 Å². The highest BCUT2D eigenvalue weighted by Gasteiger charge is 2.33. The number of ether oxygens (including phenoxy) is 1. The molecule has 5 rings (SSSR count). The zero-order valence-electron chi connectivity index (χ0n) is 24.0. The number of amides is 3. The molecule has 39 heavy (non-hydrogen) atoms. The normalized spacial score (nSPS) is 25.7. The van der Waals surface area contributed by atoms with Crippen LogP contribution in [0, 0.1) is 5.92 Å². The van der Waals surface area contributed by atoms with E-state index in [0.29, 0.717) is 30.7 Å². The summed E-state index contributed by atoms with van der Waals surface area (Å²) in [5.41, 5.74) is 2.69. The van der Waals surface area contributed by atoms with Gasteiger partial charge in [-0.25, -0.2) is 4.79 Å². The Morgan fingerprint density at radius 1 is 1.10 bits per heavy atom. The lowest BCUT2D eigenvalue weighted by Gasteiger charge is -2.41. The first-order valence-electron chi connectivity index (χ1n) is 14.5. The van der Waals surface area contributed by atoms with Gasteiger partial charge in [0.2, 0.25) is 11.8 Å². The van der Waals surface area contributed by atoms with E-state index in [1.807, 2.05) is 37.4 Å². The maximum atomic E-state index is 12.5. The van der Waals surface area contributed by atoms with Gasteiger partial charge in [0.15, 0.2) is 0 Å². The minimum Gasteiger partial charge on any atom is -0.444 e. The molecule has 1 unspecified atom stereocenters. The quantitative estimate of drug-likeness (QED) is 0.584. The monoisotopic (exact) mass is 537 g/mol. The van der Waals surface area contributed by atoms with Crippen LogP contribution in [0.2, 0.25) is 0 Å². The van der Waals surface area contributed by atoms with Gasteiger partial charge in [-0.1, -0.05) is 12.1 Å². The summed E-state index contributed by atoms with van der Waals surface area (Å²) >= 11 is 0. The fourth-order valence-electron chi connectivity index (χ4n) is 6.52. The number of carbonyl (C=O) groups excluding carboxylic acids is 3. The van der Waals surface area contributed by atoms with Crippen LogP contribution < -0.4 is 5.32 Å². The summed E-state index contributed by atoms with van der Waals surface area (Å²) < 4.78 is 7.42. The van der Waals surface area contributed by atoms with Crippen LogP contribution in [0.25, 0.3) is 10.9 Å². The van der Waals surface area contributed by atoms with E-state index >= 15 is 0 Å². The number of fused-ring (bicyclic) bond motifs is 1. The third kappa shape index (κ3) is 6.13. The number of benzene rings is 1. The summed E-state index contributed by atoms with van der Waals surface area (Å²) in [5.74, 6) is 0.275. The largest absolute Gasteiger partial charge is 0.444 e. The Balaban J connectivity index is 1.18. The average Bonchev–Trinajstić information content (AvgIpc) is 3.20. The van der Waals surface area contributed by atoms with Gasteiger partial charge in [-0.15, -0.1) is 0 Å². The molecule has 0 saturated carbocycles. The Kier molecular flexibility index (Phi) is 7.73. The van der Waals surface area contributed by atoms with Crippen molar-refractivity contribution in [3.8, 4) is 0 Å². The standard InChI is InChI=1S/C30H43N5O4/c1-19-16-22(12-15-35(19)18-20-10-13-34(14-11-20)29(38)39-30(2,3)4)21-6-7-23-25(17-21)33(5)32-27(23)24-8-9-26(36)31-28(24)37/h6-7,17,19-20,22,24H,8-16,18H2,1-5H3,(H,31,36,37)/t19-,22+,24?/m1/s1. The molecule has 1 N–H and O–H groups in total. The van der Waals surface area contributed by atoms with E-state index in [4.69, 9.17) is 9.84 Å². The molecule has 0 bridgehead atoms. The molecule has 2 aromatic rings. The van der Waals surface area contributed by atoms with Gasteiger partial charge in [-0.3, -0.25) is 19.6 Å². The first-order chi connectivity index (χ1) is 18.5. The molecule has 3 saturated heterocycles. The van der Waals surface area contributed by atoms with Crippen LogP contribution in [-0.2, 0) is 21.4 Å². The molecule has 3 aliphatic rings. The molecule has 9 nitrogen and oxygen atoms in total. The van der Waals surface area contributed by atoms with Crippen molar-refractivity contribution in [1.29, 1.82) is 0 Å². The Morgan fingerprint density at radius 3 is 2.51 bits per heavy atom. The summed E-state index contributed by atoms with van der Waals surface area (Å²) in [6, 6.07) is 7.07. The lowest BCUT2D eigenvalue weighted by Crippen LogP contribution is -2.46. The van der Waals surface area contributed by atoms with Crippen LogP contribution in [0.1, 0.15) is 89.3 Å². The van der Waals surface area contributed by atoms with Crippen LogP contribution in [0.3, 0.4) is 0 Å². The number of aryl methyl sites for hydroxylation is 1. The number of imide groups is 1. The van der Waals surface area contributed by atoms with Crippen molar-refractivity contribution >= 4 is 28.8 Å². The number of aromatic nitrogens is 2. The fraction of sp³-hybridized carbons (Fsp3) is 0.667. The number of nitrogens with one attached hydrogen (secondary N) is 1. The number of rotatable bonds is 4. The zero-order chi connectivity index (χ0) is 27.9. The summed E-state index contributed by atoms with van der Waals surface area (Å²) in [5, 5.41) is 8.17. The predicted octanol–water partition coefficient (Wildman–Crippen LogP) is 4.31. The molecular formula is C30H43N5O4. The van der Waals surface area contributed by atoms with Gasteiger partial charge in [0, 0.05) is 44.5 Å². The average molecular weight is 538 g/mol. The fourth-order valence-corrected chi connectivity index (χ4v) is 6.52. The van der Waals surface area contributed by atoms with E-state index in [2.05, 4.69) is 35.3 Å². The van der Waals surface area contributed by atoms with E-state index in [1.165, 1.54) is 5.56 Å². The second-order valence-corrected chi connectivity index (χ2v) is 12.8. The van der Waals surface area contributed by atoms with Crippen molar-refractivity contribution in [3.05, 3.63) is 29.5 Å². The highest BCUT2D eigenvalue weighted by Crippen LogP contribution is 2.36. The SMILES string of the molecule is C[C@@H]1C[C@@H](c2ccc3c(C4CCC(=O)NC4=O)nn(C)c3c2)CCN1CC1CCN(C(=O)OC(C)(C)C)CC1. The number of hydrogen-bond donors (Lipinski definition) is 1. The van der Waals surface area contributed by atoms with Crippen molar-refractivity contribution in [2.75, 3.05) is 26.2 Å². The second kappa shape index (κ2) is 10.9. The Hall–Kier alpha value is -2.94. The van der Waals surface area contributed by atoms with Crippen molar-refractivity contribution in [1.82, 2.24) is 24.9 Å². The number of piperidine rings is 3. The van der Waals surface area contributed by atoms with Gasteiger partial charge in [-0.2, -0.15) is 5.10 Å². The highest BCUT2D eigenvalue weighted by atomic mass is 16.6. The van der Waals surface area contributed by atoms with Crippen LogP contribution in [0.5, 0.6) is 0 Å². The number of likely N-dealkylation sites (tertiary alicyclic amines) is 2. The molecule has 0 aliphatic carbocycles. The van der Waals surface area contributed by atoms with Gasteiger partial charge in [0.25, 0.3) is 0 Å². The summed E-state index contributed by atoms with van der Waals surface area (Å²) in [4.78, 5) is 41.0. The van der Waals surface area contributed by atoms with Gasteiger partial charge in [0.1, 0.15) is 5.60 Å². The molecule has 1 aromatic carbocycles. The third-order valence-corrected chi connectivity index (χ3v) is 8.72. The van der Waals surface area contributed by atoms with Crippen molar-refractivity contribution < 1.29 is 19.1 Å². The molecule has 212 valence electrons. The molecule has 9 heteroatoms. The van der Waals surface area contributed by atoms with Crippen LogP contribution in [0.4, 0.5) is 4.79 Å². The molecule has 0 spiro atoms. The maximum absolute atomic E-state index is 12.5. The molecule has 3 amide bonds. The third-order valence-electron chi connectivity index (χ3n) is 8.72. The molecule has 1 aromatic heterocycles. The zero-order valence-corrected chi connectivity index (χ0v) is 24.0. The lowest BCUT2D eigenvalue weighted by molar-refractivity contribution is -0.134. The van der Waals surface area contributed by atoms with E-state index < -0.39 is 5.60 Å². The van der Waals surface area contributed by atoms with Crippen molar-refractivity contribution in [2.24, 2.45) is 13.0 Å². The molecule has 3 fully saturated rings. The maximum Gasteiger partial charge on any atom is 0.410 e. The number of nitrogens with zero attached hydrogens (tertiary/aromatic N) is 4. The Labute approximate surface area is 231 Å². The Morgan fingerprint density at radius 2 is 1.85 bits per heavy atom. The highest BCUT2D eigenvalue weighted by molar-refractivity contribution is 6.02. The molecule has 3 aliphatic heterocycles. The van der Waals surface area contributed by atoms with Crippen molar-refractivity contribution in [3.63, 3.8) is 0 Å².